The Bertz CT molecular complexity index is 468. The van der Waals surface area contributed by atoms with Crippen LogP contribution in [0.15, 0.2) is 36.7 Å². The maximum atomic E-state index is 4.06. The maximum Gasteiger partial charge on any atom is 0.358 e. The van der Waals surface area contributed by atoms with Crippen LogP contribution in [0.1, 0.15) is 16.7 Å². The molecule has 0 bridgehead atoms. The summed E-state index contributed by atoms with van der Waals surface area (Å²) in [5.74, 6) is 0. The number of rotatable bonds is 2. The number of nitrogens with zero attached hydrogens (tertiary/aromatic N) is 1. The molecule has 0 unspecified atom stereocenters. The Morgan fingerprint density at radius 2 is 1.50 bits per heavy atom. The number of hydrogen-bond acceptors (Lipinski definition) is 1. The molecule has 0 saturated carbocycles. The fourth-order valence-electron chi connectivity index (χ4n) is 1.82. The van der Waals surface area contributed by atoms with Crippen molar-refractivity contribution in [3.05, 3.63) is 60.5 Å². The summed E-state index contributed by atoms with van der Waals surface area (Å²) in [6.07, 6.45) is 3.77. The quantitative estimate of drug-likeness (QED) is 0.716. The highest BCUT2D eigenvalue weighted by Gasteiger charge is 2.20. The van der Waals surface area contributed by atoms with Gasteiger partial charge in [0.1, 0.15) is 0 Å². The zero-order valence-corrected chi connectivity index (χ0v) is 11.9. The Hall–Kier alpha value is -0.900. The summed E-state index contributed by atoms with van der Waals surface area (Å²) in [4.78, 5) is 4.06. The summed E-state index contributed by atoms with van der Waals surface area (Å²) < 4.78 is 2.99. The third-order valence-corrected chi connectivity index (χ3v) is 6.01. The summed E-state index contributed by atoms with van der Waals surface area (Å²) in [7, 11) is 0. The molecule has 1 heterocycles. The van der Waals surface area contributed by atoms with Crippen molar-refractivity contribution in [1.29, 1.82) is 0 Å². The van der Waals surface area contributed by atoms with Gasteiger partial charge in [-0.3, -0.25) is 4.98 Å². The van der Waals surface area contributed by atoms with Crippen LogP contribution in [0.25, 0.3) is 0 Å². The van der Waals surface area contributed by atoms with Gasteiger partial charge < -0.3 is 0 Å². The van der Waals surface area contributed by atoms with Gasteiger partial charge in [0.2, 0.25) is 0 Å². The van der Waals surface area contributed by atoms with Gasteiger partial charge in [-0.25, -0.2) is 0 Å². The molecule has 0 spiro atoms. The Labute approximate surface area is 107 Å². The summed E-state index contributed by atoms with van der Waals surface area (Å²) >= 11 is -0.0675. The molecule has 1 aromatic heterocycles. The lowest BCUT2D eigenvalue weighted by molar-refractivity contribution is -0.598. The Kier molecular flexibility index (Phi) is 3.59. The molecule has 82 valence electrons. The lowest BCUT2D eigenvalue weighted by atomic mass is 10.1. The van der Waals surface area contributed by atoms with E-state index in [1.807, 2.05) is 12.4 Å². The van der Waals surface area contributed by atoms with E-state index >= 15 is 0 Å². The predicted molar refractivity (Wildman–Crippen MR) is 62.3 cm³/mol. The number of aryl methyl sites for hydroxylation is 3. The SMILES string of the molecule is Cc1cc(C)c([I+]c2ccncc2)c(C)c1. The second-order valence-corrected chi connectivity index (χ2v) is 6.84. The van der Waals surface area contributed by atoms with E-state index in [0.717, 1.165) is 0 Å². The lowest BCUT2D eigenvalue weighted by Gasteiger charge is -2.00. The molecule has 0 radical (unpaired) electrons. The summed E-state index contributed by atoms with van der Waals surface area (Å²) in [6, 6.07) is 8.82. The molecule has 2 rings (SSSR count). The lowest BCUT2D eigenvalue weighted by Crippen LogP contribution is -3.62. The van der Waals surface area contributed by atoms with Gasteiger partial charge in [0, 0.05) is 35.7 Å². The van der Waals surface area contributed by atoms with Crippen LogP contribution in [-0.4, -0.2) is 4.98 Å². The first-order valence-electron chi connectivity index (χ1n) is 5.29. The molecule has 0 amide bonds. The number of pyridine rings is 1. The van der Waals surface area contributed by atoms with Gasteiger partial charge in [-0.15, -0.1) is 0 Å². The number of hydrogen-bond donors (Lipinski definition) is 0. The molecular formula is C14H15IN+. The first-order chi connectivity index (χ1) is 7.66. The van der Waals surface area contributed by atoms with E-state index in [4.69, 9.17) is 0 Å². The van der Waals surface area contributed by atoms with Crippen LogP contribution >= 0.6 is 0 Å². The van der Waals surface area contributed by atoms with E-state index in [-0.39, 0.29) is 21.2 Å². The van der Waals surface area contributed by atoms with Crippen molar-refractivity contribution >= 4 is 0 Å². The van der Waals surface area contributed by atoms with Gasteiger partial charge >= 0.3 is 21.2 Å². The monoisotopic (exact) mass is 324 g/mol. The molecule has 2 heteroatoms. The molecule has 0 N–H and O–H groups in total. The molecule has 0 aliphatic heterocycles. The molecule has 0 atom stereocenters. The largest absolute Gasteiger partial charge is 0.358 e. The zero-order valence-electron chi connectivity index (χ0n) is 9.79. The highest BCUT2D eigenvalue weighted by Crippen LogP contribution is 2.07. The molecule has 0 aliphatic carbocycles. The van der Waals surface area contributed by atoms with Crippen LogP contribution in [0, 0.1) is 27.9 Å². The third-order valence-electron chi connectivity index (χ3n) is 2.42. The zero-order chi connectivity index (χ0) is 11.5. The summed E-state index contributed by atoms with van der Waals surface area (Å²) in [5, 5.41) is 0. The number of benzene rings is 1. The van der Waals surface area contributed by atoms with Crippen molar-refractivity contribution in [2.75, 3.05) is 0 Å². The third kappa shape index (κ3) is 2.61. The van der Waals surface area contributed by atoms with Crippen molar-refractivity contribution in [1.82, 2.24) is 4.98 Å². The van der Waals surface area contributed by atoms with Crippen molar-refractivity contribution in [2.24, 2.45) is 0 Å². The molecule has 1 aromatic carbocycles. The van der Waals surface area contributed by atoms with Gasteiger partial charge in [-0.1, -0.05) is 17.7 Å². The minimum absolute atomic E-state index is 0.0675. The normalized spacial score (nSPS) is 10.4. The topological polar surface area (TPSA) is 12.9 Å². The maximum absolute atomic E-state index is 4.06. The minimum Gasteiger partial charge on any atom is -0.264 e. The molecule has 0 aliphatic rings. The smallest absolute Gasteiger partial charge is 0.264 e. The standard InChI is InChI=1S/C14H15IN/c1-10-8-11(2)14(12(3)9-10)15-13-4-6-16-7-5-13/h4-9H,1-3H3/q+1. The highest BCUT2D eigenvalue weighted by molar-refractivity contribution is 5.26. The Morgan fingerprint density at radius 1 is 0.938 bits per heavy atom. The van der Waals surface area contributed by atoms with Crippen molar-refractivity contribution in [2.45, 2.75) is 20.8 Å². The van der Waals surface area contributed by atoms with Crippen LogP contribution in [0.4, 0.5) is 0 Å². The van der Waals surface area contributed by atoms with Crippen LogP contribution < -0.4 is 21.2 Å². The van der Waals surface area contributed by atoms with Gasteiger partial charge in [0.15, 0.2) is 7.14 Å². The van der Waals surface area contributed by atoms with E-state index < -0.39 is 0 Å². The molecule has 1 nitrogen and oxygen atoms in total. The van der Waals surface area contributed by atoms with Gasteiger partial charge in [-0.2, -0.15) is 0 Å². The first kappa shape index (κ1) is 11.6. The average Bonchev–Trinajstić information content (AvgIpc) is 2.25. The average molecular weight is 324 g/mol. The van der Waals surface area contributed by atoms with Crippen LogP contribution in [0.5, 0.6) is 0 Å². The number of halogens is 1. The second-order valence-electron chi connectivity index (χ2n) is 3.97. The molecule has 2 aromatic rings. The fourth-order valence-corrected chi connectivity index (χ4v) is 4.28. The predicted octanol–water partition coefficient (Wildman–Crippen LogP) is 0.135. The molecule has 0 saturated heterocycles. The van der Waals surface area contributed by atoms with E-state index in [1.165, 1.54) is 20.3 Å². The van der Waals surface area contributed by atoms with Crippen LogP contribution in [0.2, 0.25) is 0 Å². The van der Waals surface area contributed by atoms with E-state index in [9.17, 15) is 0 Å². The summed E-state index contributed by atoms with van der Waals surface area (Å²) in [5.41, 5.74) is 4.22. The van der Waals surface area contributed by atoms with Gasteiger partial charge in [-0.05, 0) is 20.8 Å². The van der Waals surface area contributed by atoms with Crippen molar-refractivity contribution in [3.8, 4) is 0 Å². The van der Waals surface area contributed by atoms with Crippen LogP contribution in [0.3, 0.4) is 0 Å². The fraction of sp³-hybridized carbons (Fsp3) is 0.214. The van der Waals surface area contributed by atoms with Gasteiger partial charge in [0.05, 0.1) is 0 Å². The first-order valence-corrected chi connectivity index (χ1v) is 7.45. The Balaban J connectivity index is 2.35. The summed E-state index contributed by atoms with van der Waals surface area (Å²) in [6.45, 7) is 6.60. The van der Waals surface area contributed by atoms with E-state index in [0.29, 0.717) is 0 Å². The van der Waals surface area contributed by atoms with E-state index in [2.05, 4.69) is 50.0 Å². The molecular weight excluding hydrogens is 309 g/mol. The molecule has 0 fully saturated rings. The van der Waals surface area contributed by atoms with Crippen LogP contribution in [-0.2, 0) is 0 Å². The Morgan fingerprint density at radius 3 is 2.06 bits per heavy atom. The van der Waals surface area contributed by atoms with Crippen molar-refractivity contribution < 1.29 is 21.2 Å². The molecule has 16 heavy (non-hydrogen) atoms. The second kappa shape index (κ2) is 4.95. The highest BCUT2D eigenvalue weighted by atomic mass is 127. The van der Waals surface area contributed by atoms with E-state index in [1.54, 1.807) is 3.57 Å². The minimum atomic E-state index is -0.0675. The van der Waals surface area contributed by atoms with Gasteiger partial charge in [0.25, 0.3) is 0 Å². The van der Waals surface area contributed by atoms with Crippen molar-refractivity contribution in [3.63, 3.8) is 0 Å². The number of aromatic nitrogens is 1.